The first-order chi connectivity index (χ1) is 12.9. The minimum absolute atomic E-state index is 0.111. The number of aliphatic hydroxyl groups excluding tert-OH is 1. The maximum Gasteiger partial charge on any atom is 0.271 e. The van der Waals surface area contributed by atoms with Gasteiger partial charge in [0.05, 0.1) is 16.7 Å². The molecule has 1 aliphatic rings. The average molecular weight is 384 g/mol. The highest BCUT2D eigenvalue weighted by molar-refractivity contribution is 7.21. The van der Waals surface area contributed by atoms with E-state index < -0.39 is 16.9 Å². The summed E-state index contributed by atoms with van der Waals surface area (Å²) < 4.78 is 0. The van der Waals surface area contributed by atoms with Crippen LogP contribution in [0.15, 0.2) is 30.3 Å². The van der Waals surface area contributed by atoms with Crippen LogP contribution in [0.4, 0.5) is 17.1 Å². The summed E-state index contributed by atoms with van der Waals surface area (Å²) in [7, 11) is 0. The van der Waals surface area contributed by atoms with Crippen molar-refractivity contribution in [1.82, 2.24) is 4.98 Å². The van der Waals surface area contributed by atoms with Crippen LogP contribution in [0.5, 0.6) is 0 Å². The molecule has 2 heterocycles. The van der Waals surface area contributed by atoms with E-state index in [4.69, 9.17) is 5.73 Å². The van der Waals surface area contributed by atoms with Crippen LogP contribution in [0.25, 0.3) is 10.2 Å². The third-order valence-corrected chi connectivity index (χ3v) is 5.72. The summed E-state index contributed by atoms with van der Waals surface area (Å²) >= 11 is 1.17. The molecular formula is C18H16N4O4S. The number of nitro groups is 1. The molecule has 4 rings (SSSR count). The molecule has 1 atom stereocenters. The lowest BCUT2D eigenvalue weighted by Gasteiger charge is -2.20. The van der Waals surface area contributed by atoms with E-state index in [1.165, 1.54) is 29.5 Å². The Morgan fingerprint density at radius 2 is 2.22 bits per heavy atom. The van der Waals surface area contributed by atoms with Crippen molar-refractivity contribution in [2.45, 2.75) is 25.4 Å². The zero-order chi connectivity index (χ0) is 19.1. The molecule has 9 heteroatoms. The fraction of sp³-hybridized carbons (Fsp3) is 0.222. The van der Waals surface area contributed by atoms with Crippen molar-refractivity contribution >= 4 is 44.5 Å². The number of amides is 1. The van der Waals surface area contributed by atoms with Crippen LogP contribution in [0.3, 0.4) is 0 Å². The average Bonchev–Trinajstić information content (AvgIpc) is 2.97. The van der Waals surface area contributed by atoms with Crippen LogP contribution in [0, 0.1) is 10.1 Å². The second-order valence-corrected chi connectivity index (χ2v) is 7.39. The predicted octanol–water partition coefficient (Wildman–Crippen LogP) is 3.41. The van der Waals surface area contributed by atoms with Gasteiger partial charge in [-0.05, 0) is 31.4 Å². The number of aryl methyl sites for hydroxylation is 1. The number of benzene rings is 1. The van der Waals surface area contributed by atoms with Crippen LogP contribution < -0.4 is 11.1 Å². The van der Waals surface area contributed by atoms with E-state index in [-0.39, 0.29) is 5.69 Å². The molecule has 0 saturated heterocycles. The molecule has 0 aliphatic heterocycles. The van der Waals surface area contributed by atoms with Gasteiger partial charge in [-0.3, -0.25) is 14.9 Å². The zero-order valence-electron chi connectivity index (χ0n) is 14.1. The molecule has 1 unspecified atom stereocenters. The van der Waals surface area contributed by atoms with Gasteiger partial charge in [-0.1, -0.05) is 6.07 Å². The number of thiophene rings is 1. The molecule has 1 aliphatic carbocycles. The predicted molar refractivity (Wildman–Crippen MR) is 103 cm³/mol. The molecule has 138 valence electrons. The van der Waals surface area contributed by atoms with E-state index >= 15 is 0 Å². The molecule has 1 aromatic carbocycles. The van der Waals surface area contributed by atoms with Crippen molar-refractivity contribution in [2.75, 3.05) is 11.1 Å². The number of fused-ring (bicyclic) bond motifs is 2. The number of nitrogens with zero attached hydrogens (tertiary/aromatic N) is 2. The van der Waals surface area contributed by atoms with Crippen molar-refractivity contribution in [3.63, 3.8) is 0 Å². The molecule has 4 N–H and O–H groups in total. The second-order valence-electron chi connectivity index (χ2n) is 6.39. The molecule has 8 nitrogen and oxygen atoms in total. The van der Waals surface area contributed by atoms with E-state index in [0.717, 1.165) is 24.1 Å². The largest absolute Gasteiger partial charge is 0.397 e. The molecule has 2 aromatic heterocycles. The number of nitrogen functional groups attached to an aromatic ring is 1. The van der Waals surface area contributed by atoms with E-state index in [0.29, 0.717) is 32.9 Å². The number of aliphatic hydroxyl groups is 1. The number of aromatic nitrogens is 1. The summed E-state index contributed by atoms with van der Waals surface area (Å²) in [6, 6.07) is 7.52. The number of anilines is 2. The Labute approximate surface area is 157 Å². The van der Waals surface area contributed by atoms with Crippen LogP contribution in [-0.4, -0.2) is 20.9 Å². The van der Waals surface area contributed by atoms with Gasteiger partial charge in [0.1, 0.15) is 9.71 Å². The Balaban J connectivity index is 1.69. The van der Waals surface area contributed by atoms with Crippen LogP contribution in [0.2, 0.25) is 0 Å². The van der Waals surface area contributed by atoms with Gasteiger partial charge in [-0.2, -0.15) is 0 Å². The zero-order valence-corrected chi connectivity index (χ0v) is 15.0. The number of hydrogen-bond donors (Lipinski definition) is 3. The summed E-state index contributed by atoms with van der Waals surface area (Å²) in [4.78, 5) is 28.5. The molecule has 1 amide bonds. The number of non-ortho nitro benzene ring substituents is 1. The minimum atomic E-state index is -0.563. The molecular weight excluding hydrogens is 368 g/mol. The first-order valence-electron chi connectivity index (χ1n) is 8.39. The molecule has 0 bridgehead atoms. The summed E-state index contributed by atoms with van der Waals surface area (Å²) in [5.41, 5.74) is 8.28. The van der Waals surface area contributed by atoms with Crippen LogP contribution in [-0.2, 0) is 6.42 Å². The fourth-order valence-corrected chi connectivity index (χ4v) is 4.25. The highest BCUT2D eigenvalue weighted by atomic mass is 32.1. The van der Waals surface area contributed by atoms with Crippen LogP contribution in [0.1, 0.15) is 39.9 Å². The van der Waals surface area contributed by atoms with E-state index in [9.17, 15) is 20.0 Å². The Morgan fingerprint density at radius 1 is 1.41 bits per heavy atom. The molecule has 0 spiro atoms. The van der Waals surface area contributed by atoms with E-state index in [1.807, 2.05) is 6.07 Å². The van der Waals surface area contributed by atoms with Crippen molar-refractivity contribution in [3.8, 4) is 0 Å². The molecule has 27 heavy (non-hydrogen) atoms. The van der Waals surface area contributed by atoms with Crippen molar-refractivity contribution in [3.05, 3.63) is 56.6 Å². The third-order valence-electron chi connectivity index (χ3n) is 4.60. The number of nitro benzene ring substituents is 1. The summed E-state index contributed by atoms with van der Waals surface area (Å²) in [5, 5.41) is 24.3. The lowest BCUT2D eigenvalue weighted by Crippen LogP contribution is -2.12. The first-order valence-corrected chi connectivity index (χ1v) is 9.21. The SMILES string of the molecule is Nc1c(C(=O)Nc2cccc([N+](=O)[O-])c2)sc2nc3c(cc12)C(O)CCC3. The Kier molecular flexibility index (Phi) is 4.25. The van der Waals surface area contributed by atoms with Gasteiger partial charge in [0.2, 0.25) is 0 Å². The highest BCUT2D eigenvalue weighted by Crippen LogP contribution is 2.38. The quantitative estimate of drug-likeness (QED) is 0.468. The van der Waals surface area contributed by atoms with Gasteiger partial charge < -0.3 is 16.2 Å². The minimum Gasteiger partial charge on any atom is -0.397 e. The number of carbonyl (C=O) groups is 1. The Hall–Kier alpha value is -3.04. The number of carbonyl (C=O) groups excluding carboxylic acids is 1. The maximum atomic E-state index is 12.6. The van der Waals surface area contributed by atoms with Crippen molar-refractivity contribution in [2.24, 2.45) is 0 Å². The second kappa shape index (κ2) is 6.60. The highest BCUT2D eigenvalue weighted by Gasteiger charge is 2.24. The summed E-state index contributed by atoms with van der Waals surface area (Å²) in [6.07, 6.45) is 1.78. The van der Waals surface area contributed by atoms with E-state index in [1.54, 1.807) is 6.07 Å². The van der Waals surface area contributed by atoms with Gasteiger partial charge in [0.15, 0.2) is 0 Å². The molecule has 0 radical (unpaired) electrons. The maximum absolute atomic E-state index is 12.6. The number of pyridine rings is 1. The van der Waals surface area contributed by atoms with Gasteiger partial charge in [-0.15, -0.1) is 11.3 Å². The smallest absolute Gasteiger partial charge is 0.271 e. The Bertz CT molecular complexity index is 1080. The normalized spacial score (nSPS) is 16.1. The van der Waals surface area contributed by atoms with Gasteiger partial charge in [-0.25, -0.2) is 4.98 Å². The van der Waals surface area contributed by atoms with Gasteiger partial charge >= 0.3 is 0 Å². The third kappa shape index (κ3) is 3.11. The van der Waals surface area contributed by atoms with Crippen LogP contribution >= 0.6 is 11.3 Å². The standard InChI is InChI=1S/C18H16N4O4S/c19-15-12-8-11-13(5-2-6-14(11)23)21-18(12)27-16(15)17(24)20-9-3-1-4-10(7-9)22(25)26/h1,3-4,7-8,14,23H,2,5-6,19H2,(H,20,24). The lowest BCUT2D eigenvalue weighted by molar-refractivity contribution is -0.384. The summed E-state index contributed by atoms with van der Waals surface area (Å²) in [5.74, 6) is -0.450. The summed E-state index contributed by atoms with van der Waals surface area (Å²) in [6.45, 7) is 0. The number of hydrogen-bond acceptors (Lipinski definition) is 7. The topological polar surface area (TPSA) is 131 Å². The lowest BCUT2D eigenvalue weighted by atomic mass is 9.93. The van der Waals surface area contributed by atoms with E-state index in [2.05, 4.69) is 10.3 Å². The fourth-order valence-electron chi connectivity index (χ4n) is 3.25. The number of nitrogens with one attached hydrogen (secondary N) is 1. The number of rotatable bonds is 3. The first kappa shape index (κ1) is 17.4. The van der Waals surface area contributed by atoms with Crippen molar-refractivity contribution < 1.29 is 14.8 Å². The molecule has 0 saturated carbocycles. The molecule has 0 fully saturated rings. The van der Waals surface area contributed by atoms with Gasteiger partial charge in [0.25, 0.3) is 11.6 Å². The molecule has 3 aromatic rings. The Morgan fingerprint density at radius 3 is 3.00 bits per heavy atom. The van der Waals surface area contributed by atoms with Crippen molar-refractivity contribution in [1.29, 1.82) is 0 Å². The monoisotopic (exact) mass is 384 g/mol. The van der Waals surface area contributed by atoms with Gasteiger partial charge in [0, 0.05) is 34.5 Å². The number of nitrogens with two attached hydrogens (primary N) is 1.